The zero-order valence-electron chi connectivity index (χ0n) is 10.7. The van der Waals surface area contributed by atoms with Crippen molar-refractivity contribution in [3.05, 3.63) is 79.8 Å². The SMILES string of the molecule is O=c1c(Nc2ccc(Cl)cc2F)c(-c2ccccc2)c1=O. The molecule has 3 rings (SSSR count). The molecule has 0 radical (unpaired) electrons. The maximum atomic E-state index is 13.8. The summed E-state index contributed by atoms with van der Waals surface area (Å²) in [6.45, 7) is 0. The van der Waals surface area contributed by atoms with E-state index in [-0.39, 0.29) is 22.0 Å². The van der Waals surface area contributed by atoms with E-state index >= 15 is 0 Å². The fourth-order valence-corrected chi connectivity index (χ4v) is 2.28. The van der Waals surface area contributed by atoms with Crippen LogP contribution < -0.4 is 16.2 Å². The van der Waals surface area contributed by atoms with E-state index in [4.69, 9.17) is 11.6 Å². The number of hydrogen-bond acceptors (Lipinski definition) is 3. The van der Waals surface area contributed by atoms with E-state index in [9.17, 15) is 14.0 Å². The van der Waals surface area contributed by atoms with Crippen LogP contribution in [0.4, 0.5) is 15.8 Å². The summed E-state index contributed by atoms with van der Waals surface area (Å²) in [5.41, 5.74) is -0.119. The molecule has 0 aromatic heterocycles. The van der Waals surface area contributed by atoms with Crippen molar-refractivity contribution in [1.29, 1.82) is 0 Å². The highest BCUT2D eigenvalue weighted by molar-refractivity contribution is 6.30. The topological polar surface area (TPSA) is 46.2 Å². The average molecular weight is 302 g/mol. The van der Waals surface area contributed by atoms with Crippen molar-refractivity contribution in [3.63, 3.8) is 0 Å². The Kier molecular flexibility index (Phi) is 3.31. The van der Waals surface area contributed by atoms with E-state index in [1.807, 2.05) is 0 Å². The maximum Gasteiger partial charge on any atom is 0.250 e. The quantitative estimate of drug-likeness (QED) is 0.753. The van der Waals surface area contributed by atoms with E-state index < -0.39 is 16.7 Å². The third-order valence-corrected chi connectivity index (χ3v) is 3.40. The summed E-state index contributed by atoms with van der Waals surface area (Å²) in [4.78, 5) is 23.4. The third-order valence-electron chi connectivity index (χ3n) is 3.16. The Morgan fingerprint density at radius 3 is 2.33 bits per heavy atom. The fourth-order valence-electron chi connectivity index (χ4n) is 2.12. The maximum absolute atomic E-state index is 13.8. The second kappa shape index (κ2) is 5.14. The van der Waals surface area contributed by atoms with Crippen molar-refractivity contribution >= 4 is 23.0 Å². The predicted octanol–water partition coefficient (Wildman–Crippen LogP) is 3.49. The highest BCUT2D eigenvalue weighted by Gasteiger charge is 2.22. The van der Waals surface area contributed by atoms with Crippen molar-refractivity contribution in [3.8, 4) is 11.1 Å². The van der Waals surface area contributed by atoms with Crippen LogP contribution in [-0.2, 0) is 0 Å². The van der Waals surface area contributed by atoms with Gasteiger partial charge in [-0.1, -0.05) is 41.9 Å². The zero-order chi connectivity index (χ0) is 15.0. The first-order valence-electron chi connectivity index (χ1n) is 6.18. The highest BCUT2D eigenvalue weighted by atomic mass is 35.5. The van der Waals surface area contributed by atoms with Crippen molar-refractivity contribution in [2.75, 3.05) is 5.32 Å². The molecule has 0 heterocycles. The minimum absolute atomic E-state index is 0.101. The molecule has 21 heavy (non-hydrogen) atoms. The molecule has 0 spiro atoms. The molecule has 0 saturated heterocycles. The van der Waals surface area contributed by atoms with Gasteiger partial charge in [-0.15, -0.1) is 0 Å². The lowest BCUT2D eigenvalue weighted by molar-refractivity contribution is 0.632. The van der Waals surface area contributed by atoms with E-state index in [1.54, 1.807) is 30.3 Å². The second-order valence-corrected chi connectivity index (χ2v) is 4.96. The van der Waals surface area contributed by atoms with E-state index in [0.717, 1.165) is 6.07 Å². The van der Waals surface area contributed by atoms with Crippen LogP contribution >= 0.6 is 11.6 Å². The van der Waals surface area contributed by atoms with Crippen molar-refractivity contribution in [2.45, 2.75) is 0 Å². The molecule has 0 atom stereocenters. The van der Waals surface area contributed by atoms with Gasteiger partial charge in [-0.3, -0.25) is 9.59 Å². The number of benzene rings is 2. The van der Waals surface area contributed by atoms with Crippen LogP contribution in [-0.4, -0.2) is 0 Å². The van der Waals surface area contributed by atoms with Crippen molar-refractivity contribution in [1.82, 2.24) is 0 Å². The summed E-state index contributed by atoms with van der Waals surface area (Å²) in [6, 6.07) is 12.8. The molecule has 1 N–H and O–H groups in total. The Morgan fingerprint density at radius 1 is 0.952 bits per heavy atom. The minimum Gasteiger partial charge on any atom is -0.349 e. The molecule has 3 nitrogen and oxygen atoms in total. The van der Waals surface area contributed by atoms with Crippen molar-refractivity contribution in [2.24, 2.45) is 0 Å². The molecule has 104 valence electrons. The molecule has 3 aromatic rings. The lowest BCUT2D eigenvalue weighted by Gasteiger charge is -2.14. The summed E-state index contributed by atoms with van der Waals surface area (Å²) < 4.78 is 13.8. The lowest BCUT2D eigenvalue weighted by atomic mass is 9.98. The van der Waals surface area contributed by atoms with Gasteiger partial charge in [0.1, 0.15) is 11.5 Å². The highest BCUT2D eigenvalue weighted by Crippen LogP contribution is 2.28. The molecule has 3 aromatic carbocycles. The largest absolute Gasteiger partial charge is 0.349 e. The van der Waals surface area contributed by atoms with Gasteiger partial charge in [0.25, 0.3) is 5.43 Å². The Bertz CT molecular complexity index is 883. The summed E-state index contributed by atoms with van der Waals surface area (Å²) >= 11 is 5.68. The van der Waals surface area contributed by atoms with Crippen LogP contribution in [0.5, 0.6) is 0 Å². The summed E-state index contributed by atoms with van der Waals surface area (Å²) in [7, 11) is 0. The molecule has 0 fully saturated rings. The molecule has 5 heteroatoms. The van der Waals surface area contributed by atoms with Gasteiger partial charge in [0.2, 0.25) is 5.43 Å². The third kappa shape index (κ3) is 2.34. The number of anilines is 2. The van der Waals surface area contributed by atoms with E-state index in [2.05, 4.69) is 5.32 Å². The van der Waals surface area contributed by atoms with Crippen LogP contribution in [0, 0.1) is 5.82 Å². The Hall–Kier alpha value is -2.46. The van der Waals surface area contributed by atoms with Crippen LogP contribution in [0.15, 0.2) is 58.1 Å². The number of rotatable bonds is 3. The summed E-state index contributed by atoms with van der Waals surface area (Å²) in [5.74, 6) is -0.588. The summed E-state index contributed by atoms with van der Waals surface area (Å²) in [6.07, 6.45) is 0. The molecule has 0 unspecified atom stereocenters. The molecule has 0 amide bonds. The number of nitrogens with one attached hydrogen (secondary N) is 1. The Balaban J connectivity index is 2.03. The molecule has 0 bridgehead atoms. The normalized spacial score (nSPS) is 10.8. The van der Waals surface area contributed by atoms with Crippen molar-refractivity contribution < 1.29 is 4.39 Å². The number of halogens is 2. The lowest BCUT2D eigenvalue weighted by Crippen LogP contribution is -2.35. The van der Waals surface area contributed by atoms with Crippen LogP contribution in [0.3, 0.4) is 0 Å². The number of hydrogen-bond donors (Lipinski definition) is 1. The zero-order valence-corrected chi connectivity index (χ0v) is 11.4. The first kappa shape index (κ1) is 13.5. The molecule has 0 aliphatic rings. The van der Waals surface area contributed by atoms with Gasteiger partial charge in [0, 0.05) is 5.02 Å². The minimum atomic E-state index is -0.650. The molecular formula is C16H9ClFNO2. The van der Waals surface area contributed by atoms with Gasteiger partial charge < -0.3 is 5.32 Å². The molecular weight excluding hydrogens is 293 g/mol. The smallest absolute Gasteiger partial charge is 0.250 e. The predicted molar refractivity (Wildman–Crippen MR) is 81.5 cm³/mol. The fraction of sp³-hybridized carbons (Fsp3) is 0. The monoisotopic (exact) mass is 301 g/mol. The molecule has 0 saturated carbocycles. The van der Waals surface area contributed by atoms with Gasteiger partial charge in [0.05, 0.1) is 11.3 Å². The van der Waals surface area contributed by atoms with Crippen LogP contribution in [0.1, 0.15) is 0 Å². The second-order valence-electron chi connectivity index (χ2n) is 4.52. The van der Waals surface area contributed by atoms with Gasteiger partial charge in [-0.2, -0.15) is 0 Å². The first-order valence-corrected chi connectivity index (χ1v) is 6.56. The van der Waals surface area contributed by atoms with E-state index in [0.29, 0.717) is 5.56 Å². The van der Waals surface area contributed by atoms with Crippen LogP contribution in [0.25, 0.3) is 11.1 Å². The Morgan fingerprint density at radius 2 is 1.67 bits per heavy atom. The standard InChI is InChI=1S/C16H9ClFNO2/c17-10-6-7-12(11(18)8-10)19-14-13(15(20)16(14)21)9-4-2-1-3-5-9/h1-8,19H. The first-order chi connectivity index (χ1) is 10.1. The summed E-state index contributed by atoms with van der Waals surface area (Å²) in [5, 5.41) is 2.93. The van der Waals surface area contributed by atoms with Gasteiger partial charge in [0.15, 0.2) is 0 Å². The van der Waals surface area contributed by atoms with Crippen LogP contribution in [0.2, 0.25) is 5.02 Å². The Labute approximate surface area is 124 Å². The van der Waals surface area contributed by atoms with Gasteiger partial charge in [-0.25, -0.2) is 4.39 Å². The molecule has 0 aliphatic carbocycles. The van der Waals surface area contributed by atoms with Gasteiger partial charge in [-0.05, 0) is 23.8 Å². The van der Waals surface area contributed by atoms with E-state index in [1.165, 1.54) is 12.1 Å². The van der Waals surface area contributed by atoms with Gasteiger partial charge >= 0.3 is 0 Å². The average Bonchev–Trinajstić information content (AvgIpc) is 2.49. The molecule has 0 aliphatic heterocycles.